The Balaban J connectivity index is 3.11. The third kappa shape index (κ3) is 2.44. The molecule has 88 valence electrons. The van der Waals surface area contributed by atoms with Gasteiger partial charge in [0.2, 0.25) is 0 Å². The van der Waals surface area contributed by atoms with E-state index in [1.165, 1.54) is 0 Å². The van der Waals surface area contributed by atoms with Crippen LogP contribution in [0.1, 0.15) is 13.8 Å². The quantitative estimate of drug-likeness (QED) is 0.873. The maximum absolute atomic E-state index is 13.1. The van der Waals surface area contributed by atoms with E-state index in [9.17, 15) is 18.0 Å². The SMILES string of the molecule is CC(C)(Oc1c(F)cc(F)cc1F)C(=O)O. The molecule has 0 saturated heterocycles. The molecule has 0 aliphatic carbocycles. The van der Waals surface area contributed by atoms with Crippen molar-refractivity contribution in [2.24, 2.45) is 0 Å². The highest BCUT2D eigenvalue weighted by molar-refractivity contribution is 5.76. The molecule has 0 radical (unpaired) electrons. The Hall–Kier alpha value is -1.72. The fourth-order valence-corrected chi connectivity index (χ4v) is 0.925. The molecule has 0 fully saturated rings. The normalized spacial score (nSPS) is 11.3. The molecule has 0 spiro atoms. The van der Waals surface area contributed by atoms with Crippen LogP contribution in [0.4, 0.5) is 13.2 Å². The number of benzene rings is 1. The van der Waals surface area contributed by atoms with E-state index in [1.54, 1.807) is 0 Å². The van der Waals surface area contributed by atoms with Crippen LogP contribution in [0.2, 0.25) is 0 Å². The summed E-state index contributed by atoms with van der Waals surface area (Å²) in [6, 6.07) is 0.826. The summed E-state index contributed by atoms with van der Waals surface area (Å²) < 4.78 is 43.4. The maximum Gasteiger partial charge on any atom is 0.347 e. The second kappa shape index (κ2) is 4.03. The lowest BCUT2D eigenvalue weighted by atomic mass is 10.1. The van der Waals surface area contributed by atoms with Crippen molar-refractivity contribution in [1.29, 1.82) is 0 Å². The Kier molecular flexibility index (Phi) is 3.11. The van der Waals surface area contributed by atoms with Gasteiger partial charge < -0.3 is 9.84 Å². The molecule has 0 bridgehead atoms. The fourth-order valence-electron chi connectivity index (χ4n) is 0.925. The summed E-state index contributed by atoms with van der Waals surface area (Å²) in [4.78, 5) is 10.7. The van der Waals surface area contributed by atoms with Crippen molar-refractivity contribution in [3.8, 4) is 5.75 Å². The van der Waals surface area contributed by atoms with Gasteiger partial charge in [0, 0.05) is 12.1 Å². The summed E-state index contributed by atoms with van der Waals surface area (Å²) in [6.07, 6.45) is 0. The number of hydrogen-bond donors (Lipinski definition) is 1. The van der Waals surface area contributed by atoms with Gasteiger partial charge in [0.05, 0.1) is 0 Å². The van der Waals surface area contributed by atoms with Gasteiger partial charge in [-0.3, -0.25) is 0 Å². The summed E-state index contributed by atoms with van der Waals surface area (Å²) in [5, 5.41) is 8.69. The van der Waals surface area contributed by atoms with Gasteiger partial charge in [-0.1, -0.05) is 0 Å². The van der Waals surface area contributed by atoms with E-state index in [0.29, 0.717) is 12.1 Å². The van der Waals surface area contributed by atoms with Crippen LogP contribution >= 0.6 is 0 Å². The molecule has 0 saturated carbocycles. The summed E-state index contributed by atoms with van der Waals surface area (Å²) in [5.41, 5.74) is -1.81. The summed E-state index contributed by atoms with van der Waals surface area (Å²) in [5.74, 6) is -5.97. The van der Waals surface area contributed by atoms with Crippen LogP contribution in [0.15, 0.2) is 12.1 Å². The van der Waals surface area contributed by atoms with Crippen molar-refractivity contribution in [2.75, 3.05) is 0 Å². The molecule has 1 rings (SSSR count). The Morgan fingerprint density at radius 2 is 1.69 bits per heavy atom. The topological polar surface area (TPSA) is 46.5 Å². The van der Waals surface area contributed by atoms with Gasteiger partial charge in [-0.2, -0.15) is 0 Å². The number of ether oxygens (including phenoxy) is 1. The Morgan fingerprint density at radius 1 is 1.25 bits per heavy atom. The monoisotopic (exact) mass is 234 g/mol. The number of rotatable bonds is 3. The first kappa shape index (κ1) is 12.4. The number of carbonyl (C=O) groups is 1. The number of hydrogen-bond acceptors (Lipinski definition) is 2. The third-order valence-electron chi connectivity index (χ3n) is 1.84. The van der Waals surface area contributed by atoms with Crippen LogP contribution in [0, 0.1) is 17.5 Å². The molecule has 0 aromatic heterocycles. The molecule has 3 nitrogen and oxygen atoms in total. The smallest absolute Gasteiger partial charge is 0.347 e. The van der Waals surface area contributed by atoms with Crippen LogP contribution in [0.25, 0.3) is 0 Å². The molecule has 0 amide bonds. The summed E-state index contributed by atoms with van der Waals surface area (Å²) in [7, 11) is 0. The van der Waals surface area contributed by atoms with Crippen LogP contribution in [0.5, 0.6) is 5.75 Å². The number of carboxylic acids is 1. The minimum absolute atomic E-state index is 0.413. The number of aliphatic carboxylic acids is 1. The molecule has 1 N–H and O–H groups in total. The Morgan fingerprint density at radius 3 is 2.06 bits per heavy atom. The van der Waals surface area contributed by atoms with Crippen molar-refractivity contribution in [2.45, 2.75) is 19.4 Å². The van der Waals surface area contributed by atoms with Crippen molar-refractivity contribution in [1.82, 2.24) is 0 Å². The molecule has 0 aliphatic heterocycles. The van der Waals surface area contributed by atoms with Crippen molar-refractivity contribution >= 4 is 5.97 Å². The molecule has 0 atom stereocenters. The summed E-state index contributed by atoms with van der Waals surface area (Å²) in [6.45, 7) is 2.25. The molecule has 0 aliphatic rings. The predicted molar refractivity (Wildman–Crippen MR) is 48.7 cm³/mol. The number of carboxylic acid groups (broad SMARTS) is 1. The van der Waals surface area contributed by atoms with Crippen molar-refractivity contribution in [3.63, 3.8) is 0 Å². The molecule has 1 aromatic carbocycles. The van der Waals surface area contributed by atoms with Gasteiger partial charge in [-0.05, 0) is 13.8 Å². The van der Waals surface area contributed by atoms with Crippen LogP contribution < -0.4 is 4.74 Å². The lowest BCUT2D eigenvalue weighted by Gasteiger charge is -2.21. The van der Waals surface area contributed by atoms with E-state index in [2.05, 4.69) is 4.74 Å². The largest absolute Gasteiger partial charge is 0.478 e. The average Bonchev–Trinajstić information content (AvgIpc) is 2.11. The van der Waals surface area contributed by atoms with E-state index in [4.69, 9.17) is 5.11 Å². The molecule has 1 aromatic rings. The van der Waals surface area contributed by atoms with Crippen LogP contribution in [-0.4, -0.2) is 16.7 Å². The Bertz CT molecular complexity index is 406. The molecule has 0 heterocycles. The average molecular weight is 234 g/mol. The van der Waals surface area contributed by atoms with E-state index < -0.39 is 34.8 Å². The maximum atomic E-state index is 13.1. The van der Waals surface area contributed by atoms with Crippen LogP contribution in [0.3, 0.4) is 0 Å². The van der Waals surface area contributed by atoms with Gasteiger partial charge in [0.25, 0.3) is 0 Å². The Labute approximate surface area is 89.5 Å². The van der Waals surface area contributed by atoms with Gasteiger partial charge in [0.1, 0.15) is 5.82 Å². The van der Waals surface area contributed by atoms with Crippen molar-refractivity contribution < 1.29 is 27.8 Å². The highest BCUT2D eigenvalue weighted by Crippen LogP contribution is 2.26. The van der Waals surface area contributed by atoms with Crippen molar-refractivity contribution in [3.05, 3.63) is 29.6 Å². The molecular weight excluding hydrogens is 225 g/mol. The van der Waals surface area contributed by atoms with Gasteiger partial charge in [-0.25, -0.2) is 18.0 Å². The van der Waals surface area contributed by atoms with E-state index in [-0.39, 0.29) is 0 Å². The molecule has 6 heteroatoms. The van der Waals surface area contributed by atoms with Gasteiger partial charge >= 0.3 is 5.97 Å². The molecule has 0 unspecified atom stereocenters. The molecular formula is C10H9F3O3. The standard InChI is InChI=1S/C10H9F3O3/c1-10(2,9(14)15)16-8-6(12)3-5(11)4-7(8)13/h3-4H,1-2H3,(H,14,15). The lowest BCUT2D eigenvalue weighted by molar-refractivity contribution is -0.152. The first-order chi connectivity index (χ1) is 7.24. The zero-order valence-corrected chi connectivity index (χ0v) is 8.55. The third-order valence-corrected chi connectivity index (χ3v) is 1.84. The van der Waals surface area contributed by atoms with E-state index >= 15 is 0 Å². The first-order valence-corrected chi connectivity index (χ1v) is 4.31. The van der Waals surface area contributed by atoms with E-state index in [0.717, 1.165) is 13.8 Å². The van der Waals surface area contributed by atoms with Crippen LogP contribution in [-0.2, 0) is 4.79 Å². The molecule has 16 heavy (non-hydrogen) atoms. The minimum Gasteiger partial charge on any atom is -0.478 e. The minimum atomic E-state index is -1.81. The second-order valence-corrected chi connectivity index (χ2v) is 3.62. The summed E-state index contributed by atoms with van der Waals surface area (Å²) >= 11 is 0. The zero-order valence-electron chi connectivity index (χ0n) is 8.55. The highest BCUT2D eigenvalue weighted by atomic mass is 19.1. The second-order valence-electron chi connectivity index (χ2n) is 3.62. The number of halogens is 3. The predicted octanol–water partition coefficient (Wildman–Crippen LogP) is 2.35. The van der Waals surface area contributed by atoms with Gasteiger partial charge in [-0.15, -0.1) is 0 Å². The fraction of sp³-hybridized carbons (Fsp3) is 0.300. The van der Waals surface area contributed by atoms with E-state index in [1.807, 2.05) is 0 Å². The zero-order chi connectivity index (χ0) is 12.5. The van der Waals surface area contributed by atoms with Gasteiger partial charge in [0.15, 0.2) is 23.0 Å². The lowest BCUT2D eigenvalue weighted by Crippen LogP contribution is -2.38. The first-order valence-electron chi connectivity index (χ1n) is 4.31. The highest BCUT2D eigenvalue weighted by Gasteiger charge is 2.32.